The van der Waals surface area contributed by atoms with Crippen molar-refractivity contribution in [1.29, 1.82) is 0 Å². The van der Waals surface area contributed by atoms with Gasteiger partial charge in [0.05, 0.1) is 24.3 Å². The lowest BCUT2D eigenvalue weighted by Gasteiger charge is -2.02. The highest BCUT2D eigenvalue weighted by atomic mass is 32.1. The predicted molar refractivity (Wildman–Crippen MR) is 76.9 cm³/mol. The Bertz CT molecular complexity index is 772. The van der Waals surface area contributed by atoms with Crippen molar-refractivity contribution in [3.63, 3.8) is 0 Å². The molecule has 2 heterocycles. The van der Waals surface area contributed by atoms with Gasteiger partial charge in [-0.1, -0.05) is 0 Å². The van der Waals surface area contributed by atoms with Crippen LogP contribution in [0.2, 0.25) is 0 Å². The number of hydrogen-bond donors (Lipinski definition) is 1. The summed E-state index contributed by atoms with van der Waals surface area (Å²) in [5, 5.41) is 4.87. The van der Waals surface area contributed by atoms with E-state index < -0.39 is 0 Å². The Kier molecular flexibility index (Phi) is 3.26. The van der Waals surface area contributed by atoms with E-state index in [1.807, 2.05) is 23.6 Å². The maximum absolute atomic E-state index is 10.4. The van der Waals surface area contributed by atoms with E-state index in [0.29, 0.717) is 22.9 Å². The molecule has 1 aromatic carbocycles. The van der Waals surface area contributed by atoms with Crippen molar-refractivity contribution in [1.82, 2.24) is 15.0 Å². The molecule has 0 spiro atoms. The fraction of sp³-hybridized carbons (Fsp3) is 0.0769. The molecule has 6 nitrogen and oxygen atoms in total. The number of nitrogens with zero attached hydrogens (tertiary/aromatic N) is 3. The number of fused-ring (bicyclic) bond motifs is 1. The van der Waals surface area contributed by atoms with Crippen molar-refractivity contribution in [3.8, 4) is 17.1 Å². The molecule has 0 aliphatic rings. The maximum atomic E-state index is 10.4. The first-order valence-electron chi connectivity index (χ1n) is 5.77. The number of benzene rings is 1. The van der Waals surface area contributed by atoms with Crippen molar-refractivity contribution >= 4 is 33.9 Å². The molecule has 0 aliphatic heterocycles. The molecule has 0 aliphatic carbocycles. The quantitative estimate of drug-likeness (QED) is 0.745. The van der Waals surface area contributed by atoms with Crippen LogP contribution in [0, 0.1) is 0 Å². The number of carbonyl (C=O) groups excluding carboxylic acids is 1. The van der Waals surface area contributed by atoms with Gasteiger partial charge < -0.3 is 10.1 Å². The number of methoxy groups -OCH3 is 1. The average molecular weight is 286 g/mol. The Hall–Kier alpha value is -2.54. The van der Waals surface area contributed by atoms with E-state index >= 15 is 0 Å². The third kappa shape index (κ3) is 2.30. The van der Waals surface area contributed by atoms with Gasteiger partial charge in [0.1, 0.15) is 17.1 Å². The summed E-state index contributed by atoms with van der Waals surface area (Å²) in [4.78, 5) is 23.5. The fourth-order valence-corrected chi connectivity index (χ4v) is 2.41. The van der Waals surface area contributed by atoms with Crippen LogP contribution in [0.1, 0.15) is 0 Å². The second-order valence-electron chi connectivity index (χ2n) is 3.91. The third-order valence-electron chi connectivity index (χ3n) is 2.70. The zero-order valence-electron chi connectivity index (χ0n) is 10.5. The fourth-order valence-electron chi connectivity index (χ4n) is 1.75. The Labute approximate surface area is 118 Å². The van der Waals surface area contributed by atoms with Gasteiger partial charge in [-0.2, -0.15) is 0 Å². The number of hydrogen-bond acceptors (Lipinski definition) is 6. The van der Waals surface area contributed by atoms with Gasteiger partial charge in [0, 0.05) is 11.4 Å². The van der Waals surface area contributed by atoms with E-state index in [1.54, 1.807) is 13.3 Å². The van der Waals surface area contributed by atoms with E-state index in [0.717, 1.165) is 16.8 Å². The van der Waals surface area contributed by atoms with Gasteiger partial charge in [0.15, 0.2) is 5.13 Å². The first-order valence-corrected chi connectivity index (χ1v) is 6.65. The van der Waals surface area contributed by atoms with Crippen molar-refractivity contribution in [2.24, 2.45) is 0 Å². The Morgan fingerprint density at radius 3 is 2.95 bits per heavy atom. The highest BCUT2D eigenvalue weighted by Gasteiger charge is 2.08. The van der Waals surface area contributed by atoms with Gasteiger partial charge in [-0.15, -0.1) is 11.3 Å². The number of rotatable bonds is 4. The number of ether oxygens (including phenoxy) is 1. The number of nitrogens with one attached hydrogen (secondary N) is 1. The van der Waals surface area contributed by atoms with Gasteiger partial charge in [-0.25, -0.2) is 9.97 Å². The van der Waals surface area contributed by atoms with Gasteiger partial charge in [0.2, 0.25) is 6.41 Å². The maximum Gasteiger partial charge on any atom is 0.213 e. The predicted octanol–water partition coefficient (Wildman–Crippen LogP) is 2.33. The molecule has 1 amide bonds. The summed E-state index contributed by atoms with van der Waals surface area (Å²) < 4.78 is 5.15. The van der Waals surface area contributed by atoms with Crippen molar-refractivity contribution < 1.29 is 9.53 Å². The van der Waals surface area contributed by atoms with Gasteiger partial charge in [0.25, 0.3) is 0 Å². The summed E-state index contributed by atoms with van der Waals surface area (Å²) in [5.74, 6) is 0.741. The van der Waals surface area contributed by atoms with Crippen molar-refractivity contribution in [3.05, 3.63) is 29.8 Å². The number of anilines is 1. The standard InChI is InChI=1S/C13H10N4O2S/c1-19-8-2-3-9-10(4-8)14-5-11(16-9)12-6-20-13(17-12)15-7-18/h2-7H,1H3,(H,15,17,18). The molecule has 2 aromatic heterocycles. The van der Waals surface area contributed by atoms with Crippen LogP contribution < -0.4 is 10.1 Å². The average Bonchev–Trinajstić information content (AvgIpc) is 2.95. The number of thiazole rings is 1. The highest BCUT2D eigenvalue weighted by molar-refractivity contribution is 7.14. The molecule has 0 unspecified atom stereocenters. The van der Waals surface area contributed by atoms with Crippen LogP contribution in [0.15, 0.2) is 29.8 Å². The molecule has 20 heavy (non-hydrogen) atoms. The molecule has 0 bridgehead atoms. The Morgan fingerprint density at radius 2 is 2.15 bits per heavy atom. The van der Waals surface area contributed by atoms with Gasteiger partial charge in [-0.05, 0) is 12.1 Å². The van der Waals surface area contributed by atoms with E-state index in [2.05, 4.69) is 20.3 Å². The van der Waals surface area contributed by atoms with E-state index in [-0.39, 0.29) is 0 Å². The molecular weight excluding hydrogens is 276 g/mol. The Balaban J connectivity index is 2.01. The van der Waals surface area contributed by atoms with Crippen LogP contribution in [0.5, 0.6) is 5.75 Å². The minimum atomic E-state index is 0.534. The molecular formula is C13H10N4O2S. The molecule has 0 atom stereocenters. The van der Waals surface area contributed by atoms with E-state index in [4.69, 9.17) is 4.74 Å². The molecule has 0 fully saturated rings. The van der Waals surface area contributed by atoms with Crippen molar-refractivity contribution in [2.45, 2.75) is 0 Å². The van der Waals surface area contributed by atoms with Crippen LogP contribution in [0.4, 0.5) is 5.13 Å². The number of aromatic nitrogens is 3. The molecule has 7 heteroatoms. The lowest BCUT2D eigenvalue weighted by Crippen LogP contribution is -1.93. The summed E-state index contributed by atoms with van der Waals surface area (Å²) in [6, 6.07) is 5.51. The monoisotopic (exact) mass is 286 g/mol. The summed E-state index contributed by atoms with van der Waals surface area (Å²) in [6.45, 7) is 0. The minimum Gasteiger partial charge on any atom is -0.497 e. The lowest BCUT2D eigenvalue weighted by atomic mass is 10.2. The SMILES string of the molecule is COc1ccc2nc(-c3csc(NC=O)n3)cnc2c1. The molecule has 0 saturated heterocycles. The van der Waals surface area contributed by atoms with E-state index in [9.17, 15) is 4.79 Å². The number of amides is 1. The summed E-state index contributed by atoms with van der Waals surface area (Å²) >= 11 is 1.34. The first kappa shape index (κ1) is 12.5. The second-order valence-corrected chi connectivity index (χ2v) is 4.77. The molecule has 100 valence electrons. The lowest BCUT2D eigenvalue weighted by molar-refractivity contribution is -0.105. The van der Waals surface area contributed by atoms with Crippen LogP contribution in [0.3, 0.4) is 0 Å². The Morgan fingerprint density at radius 1 is 1.25 bits per heavy atom. The molecule has 1 N–H and O–H groups in total. The van der Waals surface area contributed by atoms with Crippen LogP contribution >= 0.6 is 11.3 Å². The summed E-state index contributed by atoms with van der Waals surface area (Å²) in [6.07, 6.45) is 2.25. The zero-order valence-corrected chi connectivity index (χ0v) is 11.3. The topological polar surface area (TPSA) is 77.0 Å². The normalized spacial score (nSPS) is 10.4. The number of carbonyl (C=O) groups is 1. The van der Waals surface area contributed by atoms with Crippen molar-refractivity contribution in [2.75, 3.05) is 12.4 Å². The highest BCUT2D eigenvalue weighted by Crippen LogP contribution is 2.25. The van der Waals surface area contributed by atoms with E-state index in [1.165, 1.54) is 11.3 Å². The van der Waals surface area contributed by atoms with Crippen LogP contribution in [-0.2, 0) is 4.79 Å². The van der Waals surface area contributed by atoms with Gasteiger partial charge >= 0.3 is 0 Å². The molecule has 3 aromatic rings. The first-order chi connectivity index (χ1) is 9.80. The van der Waals surface area contributed by atoms with Crippen LogP contribution in [-0.4, -0.2) is 28.5 Å². The van der Waals surface area contributed by atoms with Crippen LogP contribution in [0.25, 0.3) is 22.4 Å². The molecule has 3 rings (SSSR count). The van der Waals surface area contributed by atoms with Gasteiger partial charge in [-0.3, -0.25) is 9.78 Å². The molecule has 0 radical (unpaired) electrons. The largest absolute Gasteiger partial charge is 0.497 e. The smallest absolute Gasteiger partial charge is 0.213 e. The second kappa shape index (κ2) is 5.22. The summed E-state index contributed by atoms with van der Waals surface area (Å²) in [5.41, 5.74) is 2.87. The molecule has 0 saturated carbocycles. The third-order valence-corrected chi connectivity index (χ3v) is 3.47. The minimum absolute atomic E-state index is 0.534. The zero-order chi connectivity index (χ0) is 13.9. The summed E-state index contributed by atoms with van der Waals surface area (Å²) in [7, 11) is 1.61.